The van der Waals surface area contributed by atoms with E-state index in [9.17, 15) is 48.3 Å². The standard InChI is InChI=1S/C14H10BrF11O2/c1-5-6(15)8(17)10(9(18)7(5)16)28-4-12(21,22)14(25,26)13(23,24)11(19,20)3-27-2/h3-4H2,1-2H3. The van der Waals surface area contributed by atoms with Gasteiger partial charge in [-0.1, -0.05) is 0 Å². The van der Waals surface area contributed by atoms with Crippen molar-refractivity contribution in [2.24, 2.45) is 0 Å². The molecule has 0 aliphatic rings. The van der Waals surface area contributed by atoms with Crippen LogP contribution < -0.4 is 4.74 Å². The first-order chi connectivity index (χ1) is 12.5. The first-order valence-corrected chi connectivity index (χ1v) is 7.71. The number of benzene rings is 1. The number of alkyl halides is 8. The largest absolute Gasteiger partial charge is 0.481 e. The van der Waals surface area contributed by atoms with E-state index in [1.807, 2.05) is 0 Å². The minimum absolute atomic E-state index is 0.429. The minimum atomic E-state index is -6.74. The van der Waals surface area contributed by atoms with Crippen molar-refractivity contribution in [1.29, 1.82) is 0 Å². The summed E-state index contributed by atoms with van der Waals surface area (Å²) in [5.74, 6) is -33.0. The number of hydrogen-bond acceptors (Lipinski definition) is 2. The Morgan fingerprint density at radius 2 is 1.18 bits per heavy atom. The number of rotatable bonds is 8. The highest BCUT2D eigenvalue weighted by molar-refractivity contribution is 9.10. The molecule has 1 aromatic carbocycles. The molecule has 1 aromatic rings. The summed E-state index contributed by atoms with van der Waals surface area (Å²) in [5, 5.41) is 0. The van der Waals surface area contributed by atoms with Crippen molar-refractivity contribution in [3.05, 3.63) is 27.5 Å². The van der Waals surface area contributed by atoms with Crippen LogP contribution >= 0.6 is 15.9 Å². The SMILES string of the molecule is COCC(F)(F)C(F)(F)C(F)(F)C(F)(F)COc1c(F)c(F)c(C)c(Br)c1F. The molecule has 0 atom stereocenters. The molecule has 0 spiro atoms. The van der Waals surface area contributed by atoms with Crippen molar-refractivity contribution in [3.8, 4) is 5.75 Å². The van der Waals surface area contributed by atoms with Gasteiger partial charge in [0.1, 0.15) is 6.61 Å². The zero-order chi connectivity index (χ0) is 22.3. The van der Waals surface area contributed by atoms with E-state index in [1.165, 1.54) is 0 Å². The zero-order valence-corrected chi connectivity index (χ0v) is 15.4. The quantitative estimate of drug-likeness (QED) is 0.336. The first kappa shape index (κ1) is 24.7. The van der Waals surface area contributed by atoms with Gasteiger partial charge in [0.2, 0.25) is 5.82 Å². The number of methoxy groups -OCH3 is 1. The molecule has 0 unspecified atom stereocenters. The van der Waals surface area contributed by atoms with E-state index in [-0.39, 0.29) is 0 Å². The molecule has 0 amide bonds. The van der Waals surface area contributed by atoms with Crippen LogP contribution in [-0.4, -0.2) is 44.0 Å². The lowest BCUT2D eigenvalue weighted by Gasteiger charge is -2.36. The van der Waals surface area contributed by atoms with Gasteiger partial charge in [-0.15, -0.1) is 0 Å². The monoisotopic (exact) mass is 498 g/mol. The molecule has 0 saturated carbocycles. The predicted octanol–water partition coefficient (Wildman–Crippen LogP) is 5.74. The summed E-state index contributed by atoms with van der Waals surface area (Å²) in [7, 11) is 0.429. The normalized spacial score (nSPS) is 13.8. The van der Waals surface area contributed by atoms with Gasteiger partial charge in [0.05, 0.1) is 4.47 Å². The van der Waals surface area contributed by atoms with E-state index in [0.29, 0.717) is 7.11 Å². The third kappa shape index (κ3) is 3.89. The van der Waals surface area contributed by atoms with Crippen LogP contribution in [0.5, 0.6) is 5.75 Å². The van der Waals surface area contributed by atoms with Crippen molar-refractivity contribution in [1.82, 2.24) is 0 Å². The summed E-state index contributed by atoms with van der Waals surface area (Å²) in [6.45, 7) is -4.34. The molecule has 0 aromatic heterocycles. The molecule has 162 valence electrons. The Bertz CT molecular complexity index is 707. The average molecular weight is 499 g/mol. The Labute approximate surface area is 158 Å². The lowest BCUT2D eigenvalue weighted by atomic mass is 9.99. The van der Waals surface area contributed by atoms with E-state index in [0.717, 1.165) is 6.92 Å². The zero-order valence-electron chi connectivity index (χ0n) is 13.8. The first-order valence-electron chi connectivity index (χ1n) is 6.91. The van der Waals surface area contributed by atoms with Gasteiger partial charge in [-0.3, -0.25) is 0 Å². The Balaban J connectivity index is 3.26. The molecule has 1 rings (SSSR count). The summed E-state index contributed by atoms with van der Waals surface area (Å²) >= 11 is 2.42. The lowest BCUT2D eigenvalue weighted by molar-refractivity contribution is -0.373. The van der Waals surface area contributed by atoms with Crippen LogP contribution in [0.3, 0.4) is 0 Å². The number of hydrogen-bond donors (Lipinski definition) is 0. The second kappa shape index (κ2) is 7.84. The molecule has 0 aliphatic carbocycles. The smallest absolute Gasteiger partial charge is 0.381 e. The summed E-state index contributed by atoms with van der Waals surface area (Å²) in [4.78, 5) is 0. The topological polar surface area (TPSA) is 18.5 Å². The Morgan fingerprint density at radius 1 is 0.750 bits per heavy atom. The Kier molecular flexibility index (Phi) is 6.92. The summed E-state index contributed by atoms with van der Waals surface area (Å²) in [6, 6.07) is 0. The highest BCUT2D eigenvalue weighted by atomic mass is 79.9. The summed E-state index contributed by atoms with van der Waals surface area (Å²) in [6.07, 6.45) is 0. The molecule has 28 heavy (non-hydrogen) atoms. The van der Waals surface area contributed by atoms with Gasteiger partial charge < -0.3 is 9.47 Å². The maximum Gasteiger partial charge on any atom is 0.381 e. The van der Waals surface area contributed by atoms with E-state index in [2.05, 4.69) is 25.4 Å². The molecule has 0 saturated heterocycles. The molecule has 0 radical (unpaired) electrons. The second-order valence-electron chi connectivity index (χ2n) is 5.49. The number of ether oxygens (including phenoxy) is 2. The molecule has 14 heteroatoms. The van der Waals surface area contributed by atoms with Gasteiger partial charge in [0, 0.05) is 12.7 Å². The minimum Gasteiger partial charge on any atom is -0.481 e. The molecule has 0 N–H and O–H groups in total. The van der Waals surface area contributed by atoms with Crippen molar-refractivity contribution >= 4 is 15.9 Å². The van der Waals surface area contributed by atoms with E-state index >= 15 is 0 Å². The van der Waals surface area contributed by atoms with Crippen LogP contribution in [0.25, 0.3) is 0 Å². The maximum absolute atomic E-state index is 13.8. The van der Waals surface area contributed by atoms with Gasteiger partial charge in [-0.05, 0) is 22.9 Å². The Hall–Kier alpha value is -1.31. The summed E-state index contributed by atoms with van der Waals surface area (Å²) < 4.78 is 155. The molecule has 0 heterocycles. The van der Waals surface area contributed by atoms with Gasteiger partial charge in [-0.2, -0.15) is 39.5 Å². The fourth-order valence-corrected chi connectivity index (χ4v) is 2.19. The molecule has 2 nitrogen and oxygen atoms in total. The third-order valence-corrected chi connectivity index (χ3v) is 4.42. The highest BCUT2D eigenvalue weighted by Gasteiger charge is 2.80. The van der Waals surface area contributed by atoms with E-state index in [1.54, 1.807) is 0 Å². The van der Waals surface area contributed by atoms with Crippen LogP contribution in [0.2, 0.25) is 0 Å². The predicted molar refractivity (Wildman–Crippen MR) is 75.9 cm³/mol. The van der Waals surface area contributed by atoms with Gasteiger partial charge in [0.15, 0.2) is 24.0 Å². The second-order valence-corrected chi connectivity index (χ2v) is 6.28. The van der Waals surface area contributed by atoms with Crippen LogP contribution in [0.1, 0.15) is 5.56 Å². The van der Waals surface area contributed by atoms with Crippen LogP contribution in [0.4, 0.5) is 48.3 Å². The van der Waals surface area contributed by atoms with Crippen molar-refractivity contribution in [2.45, 2.75) is 30.6 Å². The fourth-order valence-electron chi connectivity index (χ4n) is 1.83. The summed E-state index contributed by atoms with van der Waals surface area (Å²) in [5.41, 5.74) is -0.676. The number of halogens is 12. The van der Waals surface area contributed by atoms with Crippen molar-refractivity contribution in [2.75, 3.05) is 20.3 Å². The van der Waals surface area contributed by atoms with Gasteiger partial charge in [-0.25, -0.2) is 8.78 Å². The molecule has 0 aliphatic heterocycles. The van der Waals surface area contributed by atoms with Crippen molar-refractivity contribution in [3.63, 3.8) is 0 Å². The maximum atomic E-state index is 13.8. The van der Waals surface area contributed by atoms with Gasteiger partial charge in [0.25, 0.3) is 0 Å². The van der Waals surface area contributed by atoms with Gasteiger partial charge >= 0.3 is 23.7 Å². The van der Waals surface area contributed by atoms with E-state index in [4.69, 9.17) is 0 Å². The van der Waals surface area contributed by atoms with Crippen LogP contribution in [0, 0.1) is 24.4 Å². The highest BCUT2D eigenvalue weighted by Crippen LogP contribution is 2.52. The molecular weight excluding hydrogens is 489 g/mol. The lowest BCUT2D eigenvalue weighted by Crippen LogP contribution is -2.64. The molecule has 0 fully saturated rings. The fraction of sp³-hybridized carbons (Fsp3) is 0.571. The van der Waals surface area contributed by atoms with Crippen LogP contribution in [-0.2, 0) is 4.74 Å². The Morgan fingerprint density at radius 3 is 1.61 bits per heavy atom. The molecule has 0 bridgehead atoms. The third-order valence-electron chi connectivity index (χ3n) is 3.48. The van der Waals surface area contributed by atoms with Crippen LogP contribution in [0.15, 0.2) is 4.47 Å². The van der Waals surface area contributed by atoms with Crippen molar-refractivity contribution < 1.29 is 57.8 Å². The molecular formula is C14H10BrF11O2. The average Bonchev–Trinajstić information content (AvgIpc) is 2.57. The van der Waals surface area contributed by atoms with E-state index < -0.39 is 70.1 Å².